The van der Waals surface area contributed by atoms with Crippen molar-refractivity contribution in [2.75, 3.05) is 10.2 Å². The highest BCUT2D eigenvalue weighted by Crippen LogP contribution is 2.37. The Morgan fingerprint density at radius 1 is 0.971 bits per heavy atom. The van der Waals surface area contributed by atoms with Crippen molar-refractivity contribution in [2.45, 2.75) is 22.7 Å². The Balaban J connectivity index is 1.56. The normalized spacial score (nSPS) is 16.1. The molecular weight excluding hydrogens is 533 g/mol. The van der Waals surface area contributed by atoms with Crippen molar-refractivity contribution in [2.24, 2.45) is 0 Å². The zero-order valence-corrected chi connectivity index (χ0v) is 19.7. The number of amides is 3. The van der Waals surface area contributed by atoms with Crippen LogP contribution in [0.5, 0.6) is 0 Å². The van der Waals surface area contributed by atoms with Gasteiger partial charge in [0.25, 0.3) is 5.91 Å². The van der Waals surface area contributed by atoms with Crippen LogP contribution < -0.4 is 10.2 Å². The number of thioether (sulfide) groups is 1. The van der Waals surface area contributed by atoms with Crippen LogP contribution in [0.4, 0.5) is 24.5 Å². The van der Waals surface area contributed by atoms with Gasteiger partial charge in [-0.25, -0.2) is 4.90 Å². The van der Waals surface area contributed by atoms with E-state index < -0.39 is 28.8 Å². The summed E-state index contributed by atoms with van der Waals surface area (Å²) in [6.07, 6.45) is -4.70. The zero-order valence-electron chi connectivity index (χ0n) is 17.3. The summed E-state index contributed by atoms with van der Waals surface area (Å²) >= 11 is 4.34. The van der Waals surface area contributed by atoms with Gasteiger partial charge in [-0.1, -0.05) is 40.2 Å². The molecule has 5 nitrogen and oxygen atoms in total. The average molecular weight is 549 g/mol. The fourth-order valence-electron chi connectivity index (χ4n) is 3.50. The predicted octanol–water partition coefficient (Wildman–Crippen LogP) is 6.14. The lowest BCUT2D eigenvalue weighted by Gasteiger charge is -2.16. The second kappa shape index (κ2) is 9.63. The highest BCUT2D eigenvalue weighted by atomic mass is 79.9. The van der Waals surface area contributed by atoms with E-state index in [4.69, 9.17) is 0 Å². The van der Waals surface area contributed by atoms with E-state index in [1.807, 2.05) is 0 Å². The molecule has 1 aliphatic rings. The van der Waals surface area contributed by atoms with E-state index in [1.54, 1.807) is 42.5 Å². The Kier molecular flexibility index (Phi) is 6.81. The van der Waals surface area contributed by atoms with E-state index >= 15 is 0 Å². The van der Waals surface area contributed by atoms with E-state index in [0.29, 0.717) is 10.6 Å². The quantitative estimate of drug-likeness (QED) is 0.388. The van der Waals surface area contributed by atoms with Gasteiger partial charge in [0.1, 0.15) is 0 Å². The van der Waals surface area contributed by atoms with Crippen molar-refractivity contribution < 1.29 is 27.6 Å². The first-order valence-electron chi connectivity index (χ1n) is 10.0. The summed E-state index contributed by atoms with van der Waals surface area (Å²) in [5, 5.41) is 1.55. The number of anilines is 2. The molecule has 1 aliphatic heterocycles. The van der Waals surface area contributed by atoms with Gasteiger partial charge in [-0.15, -0.1) is 11.8 Å². The Labute approximate surface area is 205 Å². The van der Waals surface area contributed by atoms with Gasteiger partial charge >= 0.3 is 6.18 Å². The number of para-hydroxylation sites is 1. The summed E-state index contributed by atoms with van der Waals surface area (Å²) in [6, 6.07) is 17.7. The number of alkyl halides is 3. The number of carbonyl (C=O) groups is 3. The van der Waals surface area contributed by atoms with Gasteiger partial charge in [0.05, 0.1) is 27.8 Å². The number of hydrogen-bond donors (Lipinski definition) is 1. The summed E-state index contributed by atoms with van der Waals surface area (Å²) in [4.78, 5) is 39.9. The maximum Gasteiger partial charge on any atom is 0.418 e. The van der Waals surface area contributed by atoms with Gasteiger partial charge in [0.15, 0.2) is 0 Å². The van der Waals surface area contributed by atoms with Gasteiger partial charge in [-0.05, 0) is 48.5 Å². The highest BCUT2D eigenvalue weighted by molar-refractivity contribution is 9.10. The Hall–Kier alpha value is -3.11. The third kappa shape index (κ3) is 5.02. The van der Waals surface area contributed by atoms with Crippen molar-refractivity contribution in [1.82, 2.24) is 0 Å². The molecule has 1 N–H and O–H groups in total. The summed E-state index contributed by atoms with van der Waals surface area (Å²) in [5.74, 6) is -1.54. The maximum atomic E-state index is 13.3. The molecule has 0 aliphatic carbocycles. The number of benzene rings is 3. The second-order valence-corrected chi connectivity index (χ2v) is 9.51. The maximum absolute atomic E-state index is 13.3. The summed E-state index contributed by atoms with van der Waals surface area (Å²) in [5.41, 5.74) is -0.786. The summed E-state index contributed by atoms with van der Waals surface area (Å²) in [6.45, 7) is 0. The molecule has 1 atom stereocenters. The lowest BCUT2D eigenvalue weighted by Crippen LogP contribution is -2.31. The average Bonchev–Trinajstić information content (AvgIpc) is 3.07. The highest BCUT2D eigenvalue weighted by Gasteiger charge is 2.40. The minimum absolute atomic E-state index is 0.0631. The fourth-order valence-corrected chi connectivity index (χ4v) is 4.94. The Bertz CT molecular complexity index is 1260. The van der Waals surface area contributed by atoms with E-state index in [9.17, 15) is 27.6 Å². The first kappa shape index (κ1) is 24.0. The molecule has 3 amide bonds. The van der Waals surface area contributed by atoms with Gasteiger partial charge < -0.3 is 5.32 Å². The van der Waals surface area contributed by atoms with Crippen LogP contribution in [0, 0.1) is 0 Å². The zero-order chi connectivity index (χ0) is 24.5. The van der Waals surface area contributed by atoms with E-state index in [1.165, 1.54) is 24.3 Å². The molecule has 0 saturated carbocycles. The molecule has 0 radical (unpaired) electrons. The minimum atomic E-state index is -4.63. The molecule has 3 aromatic rings. The van der Waals surface area contributed by atoms with Crippen LogP contribution in [0.1, 0.15) is 22.3 Å². The number of nitrogens with zero attached hydrogens (tertiary/aromatic N) is 1. The monoisotopic (exact) mass is 548 g/mol. The van der Waals surface area contributed by atoms with Crippen LogP contribution >= 0.6 is 27.7 Å². The first-order valence-corrected chi connectivity index (χ1v) is 11.7. The molecule has 1 fully saturated rings. The molecule has 3 aromatic carbocycles. The molecule has 0 unspecified atom stereocenters. The number of rotatable bonds is 5. The number of carbonyl (C=O) groups excluding carboxylic acids is 3. The van der Waals surface area contributed by atoms with Crippen molar-refractivity contribution in [3.8, 4) is 0 Å². The van der Waals surface area contributed by atoms with Crippen molar-refractivity contribution in [3.63, 3.8) is 0 Å². The van der Waals surface area contributed by atoms with Crippen LogP contribution in [0.15, 0.2) is 82.2 Å². The van der Waals surface area contributed by atoms with E-state index in [2.05, 4.69) is 21.2 Å². The van der Waals surface area contributed by atoms with Crippen molar-refractivity contribution in [3.05, 3.63) is 88.4 Å². The number of hydrogen-bond acceptors (Lipinski definition) is 4. The smallest absolute Gasteiger partial charge is 0.321 e. The summed E-state index contributed by atoms with van der Waals surface area (Å²) in [7, 11) is 0. The number of nitrogens with one attached hydrogen (secondary N) is 1. The van der Waals surface area contributed by atoms with Gasteiger partial charge in [-0.3, -0.25) is 14.4 Å². The molecule has 4 rings (SSSR count). The first-order chi connectivity index (χ1) is 16.1. The third-order valence-corrected chi connectivity index (χ3v) is 6.86. The van der Waals surface area contributed by atoms with Crippen LogP contribution in [0.25, 0.3) is 0 Å². The van der Waals surface area contributed by atoms with Crippen LogP contribution in [-0.2, 0) is 15.8 Å². The van der Waals surface area contributed by atoms with Crippen LogP contribution in [0.2, 0.25) is 0 Å². The number of imide groups is 1. The Morgan fingerprint density at radius 2 is 1.62 bits per heavy atom. The second-order valence-electron chi connectivity index (χ2n) is 7.35. The third-order valence-electron chi connectivity index (χ3n) is 5.07. The van der Waals surface area contributed by atoms with Gasteiger partial charge in [-0.2, -0.15) is 13.2 Å². The molecule has 1 saturated heterocycles. The Morgan fingerprint density at radius 3 is 2.32 bits per heavy atom. The lowest BCUT2D eigenvalue weighted by atomic mass is 10.1. The van der Waals surface area contributed by atoms with E-state index in [-0.39, 0.29) is 23.6 Å². The summed E-state index contributed by atoms with van der Waals surface area (Å²) < 4.78 is 40.7. The molecule has 0 spiro atoms. The van der Waals surface area contributed by atoms with E-state index in [0.717, 1.165) is 27.2 Å². The molecule has 1 heterocycles. The topological polar surface area (TPSA) is 66.5 Å². The largest absolute Gasteiger partial charge is 0.418 e. The molecule has 174 valence electrons. The molecule has 0 bridgehead atoms. The SMILES string of the molecule is O=C(Nc1ccccc1C(F)(F)F)c1ccccc1S[C@@H]1CC(=O)N(c2ccc(Br)cc2)C1=O. The molecule has 34 heavy (non-hydrogen) atoms. The lowest BCUT2D eigenvalue weighted by molar-refractivity contribution is -0.137. The minimum Gasteiger partial charge on any atom is -0.321 e. The van der Waals surface area contributed by atoms with Crippen molar-refractivity contribution >= 4 is 56.8 Å². The van der Waals surface area contributed by atoms with Gasteiger partial charge in [0, 0.05) is 15.8 Å². The molecule has 10 heteroatoms. The predicted molar refractivity (Wildman–Crippen MR) is 127 cm³/mol. The van der Waals surface area contributed by atoms with Crippen LogP contribution in [0.3, 0.4) is 0 Å². The fraction of sp³-hybridized carbons (Fsp3) is 0.125. The molecule has 0 aromatic heterocycles. The van der Waals surface area contributed by atoms with Gasteiger partial charge in [0.2, 0.25) is 11.8 Å². The number of halogens is 4. The van der Waals surface area contributed by atoms with Crippen molar-refractivity contribution in [1.29, 1.82) is 0 Å². The van der Waals surface area contributed by atoms with Crippen LogP contribution in [-0.4, -0.2) is 23.0 Å². The standard InChI is InChI=1S/C24H16BrF3N2O3S/c25-14-9-11-15(12-10-14)30-21(31)13-20(23(30)33)34-19-8-4-1-5-16(19)22(32)29-18-7-3-2-6-17(18)24(26,27)28/h1-12,20H,13H2,(H,29,32)/t20-/m1/s1. The molecular formula is C24H16BrF3N2O3S.